The number of unbranched alkanes of at least 4 members (excludes halogenated alkanes) is 6. The van der Waals surface area contributed by atoms with Crippen molar-refractivity contribution in [3.8, 4) is 32.4 Å². The second-order valence-corrected chi connectivity index (χ2v) is 17.6. The van der Waals surface area contributed by atoms with E-state index in [2.05, 4.69) is 70.0 Å². The molecule has 11 heteroatoms. The number of benzene rings is 1. The molecule has 0 aliphatic heterocycles. The van der Waals surface area contributed by atoms with Gasteiger partial charge in [0, 0.05) is 28.6 Å². The van der Waals surface area contributed by atoms with Crippen LogP contribution in [0, 0.1) is 0 Å². The monoisotopic (exact) mass is 768 g/mol. The summed E-state index contributed by atoms with van der Waals surface area (Å²) in [5.41, 5.74) is 3.83. The molecular formula is C30H30Br2N2O2S5. The van der Waals surface area contributed by atoms with Crippen LogP contribution in [0.25, 0.3) is 50.7 Å². The van der Waals surface area contributed by atoms with Gasteiger partial charge in [-0.1, -0.05) is 52.4 Å². The third-order valence-corrected chi connectivity index (χ3v) is 13.1. The van der Waals surface area contributed by atoms with Gasteiger partial charge >= 0.3 is 0 Å². The number of hydrogen-bond acceptors (Lipinski definition) is 9. The van der Waals surface area contributed by atoms with Gasteiger partial charge in [0.1, 0.15) is 11.0 Å². The topological polar surface area (TPSA) is 44.2 Å². The summed E-state index contributed by atoms with van der Waals surface area (Å²) >= 11 is 15.7. The zero-order valence-electron chi connectivity index (χ0n) is 22.9. The van der Waals surface area contributed by atoms with Gasteiger partial charge in [-0.05, 0) is 69.0 Å². The van der Waals surface area contributed by atoms with Gasteiger partial charge in [0.15, 0.2) is 11.5 Å². The number of nitrogens with zero attached hydrogens (tertiary/aromatic N) is 2. The van der Waals surface area contributed by atoms with Crippen molar-refractivity contribution in [2.45, 2.75) is 65.2 Å². The Morgan fingerprint density at radius 1 is 0.585 bits per heavy atom. The molecule has 5 aromatic heterocycles. The SMILES string of the molecule is CCCCCCOc1c(OCCCCCC)c(-c2cc3sc(Br)cc3s2)c2nsnc2c1-c1cc2sc(Br)cc2s1. The van der Waals surface area contributed by atoms with Crippen LogP contribution in [-0.4, -0.2) is 22.0 Å². The number of aromatic nitrogens is 2. The predicted molar refractivity (Wildman–Crippen MR) is 189 cm³/mol. The first-order valence-corrected chi connectivity index (χ1v) is 19.6. The quantitative estimate of drug-likeness (QED) is 0.104. The second kappa shape index (κ2) is 13.7. The predicted octanol–water partition coefficient (Wildman–Crippen LogP) is 13.0. The third-order valence-electron chi connectivity index (χ3n) is 6.96. The molecule has 0 spiro atoms. The molecule has 0 aliphatic rings. The Kier molecular flexibility index (Phi) is 10.0. The Bertz CT molecular complexity index is 1590. The van der Waals surface area contributed by atoms with Crippen LogP contribution in [0.1, 0.15) is 65.2 Å². The van der Waals surface area contributed by atoms with E-state index >= 15 is 0 Å². The summed E-state index contributed by atoms with van der Waals surface area (Å²) in [5.74, 6) is 1.64. The highest BCUT2D eigenvalue weighted by atomic mass is 79.9. The summed E-state index contributed by atoms with van der Waals surface area (Å²) < 4.78 is 30.7. The first kappa shape index (κ1) is 30.0. The Morgan fingerprint density at radius 3 is 1.44 bits per heavy atom. The van der Waals surface area contributed by atoms with Crippen LogP contribution in [0.2, 0.25) is 0 Å². The maximum Gasteiger partial charge on any atom is 0.172 e. The van der Waals surface area contributed by atoms with Gasteiger partial charge in [-0.3, -0.25) is 0 Å². The maximum atomic E-state index is 6.77. The largest absolute Gasteiger partial charge is 0.489 e. The number of halogens is 2. The minimum absolute atomic E-state index is 0.652. The molecule has 0 atom stereocenters. The molecule has 0 bridgehead atoms. The van der Waals surface area contributed by atoms with E-state index in [1.807, 2.05) is 0 Å². The first-order valence-electron chi connectivity index (χ1n) is 14.0. The fourth-order valence-corrected chi connectivity index (χ4v) is 11.7. The highest BCUT2D eigenvalue weighted by Gasteiger charge is 2.29. The van der Waals surface area contributed by atoms with Crippen molar-refractivity contribution in [1.29, 1.82) is 0 Å². The maximum absolute atomic E-state index is 6.77. The van der Waals surface area contributed by atoms with E-state index in [1.54, 1.807) is 45.3 Å². The summed E-state index contributed by atoms with van der Waals surface area (Å²) in [6, 6.07) is 8.95. The van der Waals surface area contributed by atoms with Gasteiger partial charge in [-0.2, -0.15) is 8.75 Å². The van der Waals surface area contributed by atoms with Crippen LogP contribution >= 0.6 is 88.9 Å². The van der Waals surface area contributed by atoms with E-state index in [0.717, 1.165) is 76.7 Å². The number of ether oxygens (including phenoxy) is 2. The third kappa shape index (κ3) is 6.42. The number of thiophene rings is 4. The fourth-order valence-electron chi connectivity index (χ4n) is 4.96. The number of hydrogen-bond donors (Lipinski definition) is 0. The Balaban J connectivity index is 1.53. The lowest BCUT2D eigenvalue weighted by Crippen LogP contribution is -2.06. The van der Waals surface area contributed by atoms with E-state index in [0.29, 0.717) is 13.2 Å². The van der Waals surface area contributed by atoms with Gasteiger partial charge < -0.3 is 9.47 Å². The van der Waals surface area contributed by atoms with Crippen LogP contribution < -0.4 is 9.47 Å². The zero-order valence-corrected chi connectivity index (χ0v) is 30.1. The van der Waals surface area contributed by atoms with Crippen molar-refractivity contribution in [3.05, 3.63) is 31.8 Å². The summed E-state index contributed by atoms with van der Waals surface area (Å²) in [6.07, 6.45) is 9.18. The van der Waals surface area contributed by atoms with Gasteiger partial charge in [-0.25, -0.2) is 0 Å². The lowest BCUT2D eigenvalue weighted by atomic mass is 10.0. The molecule has 0 saturated heterocycles. The van der Waals surface area contributed by atoms with Crippen LogP contribution in [0.4, 0.5) is 0 Å². The summed E-state index contributed by atoms with van der Waals surface area (Å²) in [5, 5.41) is 0. The van der Waals surface area contributed by atoms with Gasteiger partial charge in [-0.15, -0.1) is 45.3 Å². The highest BCUT2D eigenvalue weighted by molar-refractivity contribution is 9.11. The Morgan fingerprint density at radius 2 is 1.02 bits per heavy atom. The molecule has 6 aromatic rings. The molecule has 0 N–H and O–H groups in total. The van der Waals surface area contributed by atoms with Crippen molar-refractivity contribution in [2.24, 2.45) is 0 Å². The van der Waals surface area contributed by atoms with Gasteiger partial charge in [0.05, 0.1) is 43.6 Å². The molecule has 0 aliphatic carbocycles. The van der Waals surface area contributed by atoms with Crippen molar-refractivity contribution in [3.63, 3.8) is 0 Å². The van der Waals surface area contributed by atoms with E-state index in [1.165, 1.54) is 56.2 Å². The smallest absolute Gasteiger partial charge is 0.172 e. The number of rotatable bonds is 14. The Labute approximate surface area is 277 Å². The molecule has 4 nitrogen and oxygen atoms in total. The molecule has 41 heavy (non-hydrogen) atoms. The van der Waals surface area contributed by atoms with Crippen LogP contribution in [0.3, 0.4) is 0 Å². The molecule has 0 unspecified atom stereocenters. The van der Waals surface area contributed by atoms with E-state index < -0.39 is 0 Å². The molecular weight excluding hydrogens is 740 g/mol. The molecule has 5 heterocycles. The van der Waals surface area contributed by atoms with Crippen molar-refractivity contribution in [1.82, 2.24) is 8.75 Å². The van der Waals surface area contributed by atoms with Crippen LogP contribution in [0.15, 0.2) is 31.8 Å². The lowest BCUT2D eigenvalue weighted by Gasteiger charge is -2.20. The summed E-state index contributed by atoms with van der Waals surface area (Å²) in [7, 11) is 0. The van der Waals surface area contributed by atoms with Crippen LogP contribution in [0.5, 0.6) is 11.5 Å². The number of fused-ring (bicyclic) bond motifs is 3. The summed E-state index contributed by atoms with van der Waals surface area (Å²) in [6.45, 7) is 5.78. The Hall–Kier alpha value is -1.08. The lowest BCUT2D eigenvalue weighted by molar-refractivity contribution is 0.261. The van der Waals surface area contributed by atoms with E-state index in [-0.39, 0.29) is 0 Å². The zero-order chi connectivity index (χ0) is 28.3. The van der Waals surface area contributed by atoms with Crippen molar-refractivity contribution >= 4 is 119 Å². The molecule has 0 radical (unpaired) electrons. The van der Waals surface area contributed by atoms with Crippen molar-refractivity contribution < 1.29 is 9.47 Å². The molecule has 1 aromatic carbocycles. The van der Waals surface area contributed by atoms with E-state index in [9.17, 15) is 0 Å². The second-order valence-electron chi connectivity index (χ2n) is 9.97. The summed E-state index contributed by atoms with van der Waals surface area (Å²) in [4.78, 5) is 2.30. The molecule has 0 fully saturated rings. The first-order chi connectivity index (χ1) is 20.1. The van der Waals surface area contributed by atoms with E-state index in [4.69, 9.17) is 18.2 Å². The van der Waals surface area contributed by atoms with Gasteiger partial charge in [0.2, 0.25) is 0 Å². The normalized spacial score (nSPS) is 11.9. The molecule has 6 rings (SSSR count). The van der Waals surface area contributed by atoms with Gasteiger partial charge in [0.25, 0.3) is 0 Å². The molecule has 0 amide bonds. The minimum Gasteiger partial charge on any atom is -0.489 e. The standard InChI is InChI=1S/C30H30Br2N2O2S5/c1-3-5-7-9-11-35-29-25(21-13-17-19(37-21)15-23(31)39-17)27-28(34-41-33-27)26(30(29)36-12-10-8-6-4-2)22-14-18-20(38-22)16-24(32)40-18/h13-16H,3-12H2,1-2H3. The molecule has 0 saturated carbocycles. The fraction of sp³-hybridized carbons (Fsp3) is 0.400. The van der Waals surface area contributed by atoms with Crippen molar-refractivity contribution in [2.75, 3.05) is 13.2 Å². The average molecular weight is 771 g/mol. The highest BCUT2D eigenvalue weighted by Crippen LogP contribution is 2.55. The average Bonchev–Trinajstić information content (AvgIpc) is 3.75. The molecule has 216 valence electrons. The minimum atomic E-state index is 0.652. The van der Waals surface area contributed by atoms with Crippen LogP contribution in [-0.2, 0) is 0 Å².